The lowest BCUT2D eigenvalue weighted by Gasteiger charge is -2.34. The van der Waals surface area contributed by atoms with Gasteiger partial charge >= 0.3 is 0 Å². The van der Waals surface area contributed by atoms with Crippen molar-refractivity contribution in [2.24, 2.45) is 5.41 Å². The fourth-order valence-corrected chi connectivity index (χ4v) is 2.07. The Hall–Kier alpha value is -1.13. The number of aliphatic hydroxyl groups is 1. The Balaban J connectivity index is 2.91. The van der Waals surface area contributed by atoms with Crippen molar-refractivity contribution in [2.75, 3.05) is 13.2 Å². The maximum absolute atomic E-state index is 10.6. The maximum Gasteiger partial charge on any atom is 0.137 e. The second-order valence-corrected chi connectivity index (χ2v) is 5.99. The van der Waals surface area contributed by atoms with Crippen molar-refractivity contribution in [3.05, 3.63) is 24.0 Å². The minimum atomic E-state index is -0.715. The quantitative estimate of drug-likeness (QED) is 0.832. The van der Waals surface area contributed by atoms with Gasteiger partial charge in [0.1, 0.15) is 11.9 Å². The van der Waals surface area contributed by atoms with Crippen LogP contribution in [-0.4, -0.2) is 29.4 Å². The molecule has 2 unspecified atom stereocenters. The molecule has 0 radical (unpaired) electrons. The Labute approximate surface area is 122 Å². The van der Waals surface area contributed by atoms with Crippen LogP contribution in [0, 0.1) is 5.41 Å². The van der Waals surface area contributed by atoms with Gasteiger partial charge in [-0.05, 0) is 24.8 Å². The monoisotopic (exact) mass is 281 g/mol. The fourth-order valence-electron chi connectivity index (χ4n) is 2.07. The lowest BCUT2D eigenvalue weighted by Crippen LogP contribution is -2.35. The molecular formula is C16H27NO3. The summed E-state index contributed by atoms with van der Waals surface area (Å²) in [6, 6.07) is 1.84. The van der Waals surface area contributed by atoms with Gasteiger partial charge in [-0.1, -0.05) is 27.7 Å². The molecule has 4 heteroatoms. The third kappa shape index (κ3) is 4.76. The van der Waals surface area contributed by atoms with Gasteiger partial charge in [-0.25, -0.2) is 0 Å². The normalized spacial score (nSPS) is 14.9. The fraction of sp³-hybridized carbons (Fsp3) is 0.688. The van der Waals surface area contributed by atoms with Crippen LogP contribution in [0.1, 0.15) is 52.7 Å². The lowest BCUT2D eigenvalue weighted by atomic mass is 9.83. The number of aromatic nitrogens is 1. The van der Waals surface area contributed by atoms with Crippen molar-refractivity contribution in [3.63, 3.8) is 0 Å². The molecule has 0 spiro atoms. The first-order valence-electron chi connectivity index (χ1n) is 7.27. The van der Waals surface area contributed by atoms with Crippen molar-refractivity contribution in [1.82, 2.24) is 4.98 Å². The van der Waals surface area contributed by atoms with Crippen LogP contribution in [0.5, 0.6) is 5.75 Å². The van der Waals surface area contributed by atoms with E-state index in [1.54, 1.807) is 12.4 Å². The van der Waals surface area contributed by atoms with Gasteiger partial charge in [0.15, 0.2) is 0 Å². The Kier molecular flexibility index (Phi) is 6.43. The summed E-state index contributed by atoms with van der Waals surface area (Å²) in [5, 5.41) is 10.6. The van der Waals surface area contributed by atoms with E-state index < -0.39 is 6.10 Å². The second-order valence-electron chi connectivity index (χ2n) is 5.99. The summed E-state index contributed by atoms with van der Waals surface area (Å²) in [4.78, 5) is 4.14. The molecule has 0 aliphatic rings. The highest BCUT2D eigenvalue weighted by Gasteiger charge is 2.33. The van der Waals surface area contributed by atoms with Crippen LogP contribution in [0.4, 0.5) is 0 Å². The molecule has 20 heavy (non-hydrogen) atoms. The Bertz CT molecular complexity index is 401. The average molecular weight is 281 g/mol. The van der Waals surface area contributed by atoms with Gasteiger partial charge in [-0.15, -0.1) is 0 Å². The number of nitrogens with zero attached hydrogens (tertiary/aromatic N) is 1. The third-order valence-electron chi connectivity index (χ3n) is 3.04. The summed E-state index contributed by atoms with van der Waals surface area (Å²) in [6.45, 7) is 11.4. The predicted octanol–water partition coefficient (Wildman–Crippen LogP) is 3.36. The van der Waals surface area contributed by atoms with Gasteiger partial charge in [0.05, 0.1) is 18.9 Å². The van der Waals surface area contributed by atoms with Crippen LogP contribution in [0.25, 0.3) is 0 Å². The van der Waals surface area contributed by atoms with Crippen LogP contribution in [0.3, 0.4) is 0 Å². The van der Waals surface area contributed by atoms with Crippen molar-refractivity contribution in [3.8, 4) is 5.75 Å². The Morgan fingerprint density at radius 3 is 2.50 bits per heavy atom. The average Bonchev–Trinajstić information content (AvgIpc) is 2.41. The van der Waals surface area contributed by atoms with Crippen molar-refractivity contribution < 1.29 is 14.6 Å². The highest BCUT2D eigenvalue weighted by molar-refractivity contribution is 5.26. The molecule has 0 saturated carbocycles. The highest BCUT2D eigenvalue weighted by Crippen LogP contribution is 2.33. The van der Waals surface area contributed by atoms with E-state index in [2.05, 4.69) is 32.7 Å². The molecule has 0 aromatic carbocycles. The van der Waals surface area contributed by atoms with E-state index in [4.69, 9.17) is 9.47 Å². The SMILES string of the molecule is CCCOc1cncc(C(O)C(OCC)C(C)(C)C)c1. The zero-order valence-electron chi connectivity index (χ0n) is 13.2. The minimum Gasteiger partial charge on any atom is -0.492 e. The van der Waals surface area contributed by atoms with Crippen LogP contribution in [0.15, 0.2) is 18.5 Å². The van der Waals surface area contributed by atoms with E-state index in [0.717, 1.165) is 12.0 Å². The van der Waals surface area contributed by atoms with Crippen molar-refractivity contribution in [1.29, 1.82) is 0 Å². The summed E-state index contributed by atoms with van der Waals surface area (Å²) in [5.74, 6) is 0.688. The molecule has 2 atom stereocenters. The van der Waals surface area contributed by atoms with Crippen LogP contribution < -0.4 is 4.74 Å². The standard InChI is InChI=1S/C16H27NO3/c1-6-8-20-13-9-12(10-17-11-13)14(18)15(19-7-2)16(3,4)5/h9-11,14-15,18H,6-8H2,1-5H3. The molecule has 1 aromatic rings. The van der Waals surface area contributed by atoms with Crippen LogP contribution in [-0.2, 0) is 4.74 Å². The van der Waals surface area contributed by atoms with Crippen LogP contribution >= 0.6 is 0 Å². The Morgan fingerprint density at radius 2 is 1.95 bits per heavy atom. The largest absolute Gasteiger partial charge is 0.492 e. The topological polar surface area (TPSA) is 51.6 Å². The second kappa shape index (κ2) is 7.60. The summed E-state index contributed by atoms with van der Waals surface area (Å²) >= 11 is 0. The molecule has 4 nitrogen and oxygen atoms in total. The molecule has 0 aliphatic heterocycles. The molecule has 0 aliphatic carbocycles. The molecule has 0 bridgehead atoms. The van der Waals surface area contributed by atoms with Gasteiger partial charge in [0.25, 0.3) is 0 Å². The Morgan fingerprint density at radius 1 is 1.25 bits per heavy atom. The number of hydrogen-bond acceptors (Lipinski definition) is 4. The first-order chi connectivity index (χ1) is 9.40. The van der Waals surface area contributed by atoms with E-state index in [1.807, 2.05) is 13.0 Å². The minimum absolute atomic E-state index is 0.157. The molecule has 1 rings (SSSR count). The summed E-state index contributed by atoms with van der Waals surface area (Å²) in [7, 11) is 0. The molecule has 1 N–H and O–H groups in total. The molecule has 0 amide bonds. The smallest absolute Gasteiger partial charge is 0.137 e. The summed E-state index contributed by atoms with van der Waals surface area (Å²) in [6.07, 6.45) is 3.28. The first kappa shape index (κ1) is 16.9. The van der Waals surface area contributed by atoms with Gasteiger partial charge in [-0.2, -0.15) is 0 Å². The van der Waals surface area contributed by atoms with E-state index >= 15 is 0 Å². The molecule has 1 heterocycles. The van der Waals surface area contributed by atoms with E-state index in [9.17, 15) is 5.11 Å². The number of ether oxygens (including phenoxy) is 2. The van der Waals surface area contributed by atoms with Gasteiger partial charge in [0, 0.05) is 18.4 Å². The van der Waals surface area contributed by atoms with Crippen LogP contribution in [0.2, 0.25) is 0 Å². The van der Waals surface area contributed by atoms with E-state index in [1.165, 1.54) is 0 Å². The maximum atomic E-state index is 10.6. The number of rotatable bonds is 7. The highest BCUT2D eigenvalue weighted by atomic mass is 16.5. The van der Waals surface area contributed by atoms with Gasteiger partial charge < -0.3 is 14.6 Å². The molecule has 114 valence electrons. The zero-order valence-corrected chi connectivity index (χ0v) is 13.2. The van der Waals surface area contributed by atoms with Gasteiger partial charge in [0.2, 0.25) is 0 Å². The van der Waals surface area contributed by atoms with Crippen molar-refractivity contribution >= 4 is 0 Å². The van der Waals surface area contributed by atoms with Gasteiger partial charge in [-0.3, -0.25) is 4.98 Å². The first-order valence-corrected chi connectivity index (χ1v) is 7.27. The van der Waals surface area contributed by atoms with Crippen molar-refractivity contribution in [2.45, 2.75) is 53.2 Å². The third-order valence-corrected chi connectivity index (χ3v) is 3.04. The molecule has 0 fully saturated rings. The molecular weight excluding hydrogens is 254 g/mol. The summed E-state index contributed by atoms with van der Waals surface area (Å²) < 4.78 is 11.3. The molecule has 0 saturated heterocycles. The zero-order chi connectivity index (χ0) is 15.2. The molecule has 1 aromatic heterocycles. The van der Waals surface area contributed by atoms with E-state index in [0.29, 0.717) is 19.0 Å². The van der Waals surface area contributed by atoms with E-state index in [-0.39, 0.29) is 11.5 Å². The number of hydrogen-bond donors (Lipinski definition) is 1. The number of pyridine rings is 1. The lowest BCUT2D eigenvalue weighted by molar-refractivity contribution is -0.0900. The predicted molar refractivity (Wildman–Crippen MR) is 79.9 cm³/mol. The number of aliphatic hydroxyl groups excluding tert-OH is 1. The summed E-state index contributed by atoms with van der Waals surface area (Å²) in [5.41, 5.74) is 0.572.